The number of hydrogen-bond donors (Lipinski definition) is 2. The fourth-order valence-corrected chi connectivity index (χ4v) is 4.40. The van der Waals surface area contributed by atoms with E-state index in [2.05, 4.69) is 10.3 Å². The molecule has 1 aliphatic heterocycles. The zero-order valence-electron chi connectivity index (χ0n) is 17.4. The summed E-state index contributed by atoms with van der Waals surface area (Å²) in [6.07, 6.45) is 3.37. The van der Waals surface area contributed by atoms with Gasteiger partial charge < -0.3 is 15.2 Å². The molecule has 1 unspecified atom stereocenters. The maximum absolute atomic E-state index is 12.3. The van der Waals surface area contributed by atoms with E-state index in [0.29, 0.717) is 29.2 Å². The Bertz CT molecular complexity index is 1330. The van der Waals surface area contributed by atoms with Gasteiger partial charge in [-0.2, -0.15) is 0 Å². The molecule has 0 saturated carbocycles. The minimum absolute atomic E-state index is 0.0292. The van der Waals surface area contributed by atoms with Crippen molar-refractivity contribution in [3.05, 3.63) is 112 Å². The molecule has 0 spiro atoms. The lowest BCUT2D eigenvalue weighted by Crippen LogP contribution is -2.23. The van der Waals surface area contributed by atoms with Crippen LogP contribution in [-0.4, -0.2) is 21.8 Å². The van der Waals surface area contributed by atoms with Gasteiger partial charge in [0.25, 0.3) is 0 Å². The average molecular weight is 459 g/mol. The number of Topliss-reactive ketones (excluding diaryl/α,β-unsaturated/α-hetero) is 1. The Morgan fingerprint density at radius 1 is 1.12 bits per heavy atom. The number of pyridine rings is 1. The number of halogens is 1. The first-order valence-corrected chi connectivity index (χ1v) is 10.8. The van der Waals surface area contributed by atoms with Gasteiger partial charge in [0.15, 0.2) is 5.78 Å². The number of benzene rings is 2. The molecule has 0 bridgehead atoms. The third-order valence-corrected chi connectivity index (χ3v) is 6.08. The highest BCUT2D eigenvalue weighted by Crippen LogP contribution is 2.48. The first kappa shape index (κ1) is 21.0. The molecule has 1 atom stereocenters. The molecule has 7 heteroatoms. The number of ether oxygens (including phenoxy) is 1. The van der Waals surface area contributed by atoms with Crippen LogP contribution >= 0.6 is 11.6 Å². The number of carboxylic acid groups (broad SMARTS) is 1. The Kier molecular flexibility index (Phi) is 5.44. The van der Waals surface area contributed by atoms with Gasteiger partial charge in [0, 0.05) is 35.0 Å². The van der Waals surface area contributed by atoms with E-state index in [1.165, 1.54) is 0 Å². The number of ketones is 1. The summed E-state index contributed by atoms with van der Waals surface area (Å²) in [5, 5.41) is 13.2. The summed E-state index contributed by atoms with van der Waals surface area (Å²) < 4.78 is 6.15. The normalized spacial score (nSPS) is 16.9. The van der Waals surface area contributed by atoms with E-state index in [1.54, 1.807) is 36.5 Å². The molecule has 164 valence electrons. The minimum Gasteiger partial charge on any atom is -0.478 e. The van der Waals surface area contributed by atoms with Crippen molar-refractivity contribution in [2.75, 3.05) is 5.32 Å². The molecule has 2 N–H and O–H groups in total. The Labute approximate surface area is 195 Å². The van der Waals surface area contributed by atoms with Gasteiger partial charge in [0.1, 0.15) is 11.5 Å². The van der Waals surface area contributed by atoms with E-state index < -0.39 is 11.9 Å². The van der Waals surface area contributed by atoms with Gasteiger partial charge in [-0.3, -0.25) is 9.78 Å². The van der Waals surface area contributed by atoms with Crippen LogP contribution < -0.4 is 10.1 Å². The van der Waals surface area contributed by atoms with Crippen molar-refractivity contribution in [3.8, 4) is 5.75 Å². The zero-order valence-corrected chi connectivity index (χ0v) is 18.2. The molecule has 2 heterocycles. The summed E-state index contributed by atoms with van der Waals surface area (Å²) in [7, 11) is 0. The van der Waals surface area contributed by atoms with Crippen molar-refractivity contribution in [2.45, 2.75) is 18.9 Å². The first-order valence-electron chi connectivity index (χ1n) is 10.4. The Balaban J connectivity index is 1.58. The predicted molar refractivity (Wildman–Crippen MR) is 124 cm³/mol. The summed E-state index contributed by atoms with van der Waals surface area (Å²) >= 11 is 6.18. The molecule has 0 amide bonds. The Morgan fingerprint density at radius 2 is 1.94 bits per heavy atom. The summed E-state index contributed by atoms with van der Waals surface area (Å²) in [5.41, 5.74) is 4.04. The van der Waals surface area contributed by atoms with Crippen LogP contribution in [0.4, 0.5) is 5.69 Å². The maximum Gasteiger partial charge on any atom is 0.335 e. The fraction of sp³-hybridized carbons (Fsp3) is 0.115. The number of nitrogens with zero attached hydrogens (tertiary/aromatic N) is 1. The minimum atomic E-state index is -1.02. The van der Waals surface area contributed by atoms with Crippen LogP contribution in [0.25, 0.3) is 0 Å². The number of carbonyl (C=O) groups is 2. The van der Waals surface area contributed by atoms with E-state index in [4.69, 9.17) is 16.3 Å². The number of allylic oxidation sites excluding steroid dienone is 4. The highest BCUT2D eigenvalue weighted by atomic mass is 35.5. The molecular formula is C26H19ClN2O4. The van der Waals surface area contributed by atoms with Crippen molar-refractivity contribution in [2.24, 2.45) is 0 Å². The van der Waals surface area contributed by atoms with Gasteiger partial charge in [-0.05, 0) is 35.9 Å². The van der Waals surface area contributed by atoms with Crippen molar-refractivity contribution in [3.63, 3.8) is 0 Å². The van der Waals surface area contributed by atoms with E-state index in [0.717, 1.165) is 16.9 Å². The number of anilines is 1. The van der Waals surface area contributed by atoms with Crippen LogP contribution in [0.1, 0.15) is 39.5 Å². The van der Waals surface area contributed by atoms with E-state index in [9.17, 15) is 14.7 Å². The molecule has 5 rings (SSSR count). The predicted octanol–water partition coefficient (Wildman–Crippen LogP) is 5.27. The quantitative estimate of drug-likeness (QED) is 0.541. The number of nitrogens with one attached hydrogen (secondary N) is 1. The topological polar surface area (TPSA) is 88.5 Å². The largest absolute Gasteiger partial charge is 0.478 e. The zero-order chi connectivity index (χ0) is 22.9. The second kappa shape index (κ2) is 8.56. The number of carbonyl (C=O) groups excluding carboxylic acids is 1. The molecular weight excluding hydrogens is 440 g/mol. The maximum atomic E-state index is 12.3. The summed E-state index contributed by atoms with van der Waals surface area (Å²) in [4.78, 5) is 28.6. The third kappa shape index (κ3) is 4.01. The molecule has 2 aliphatic rings. The molecule has 0 saturated heterocycles. The summed E-state index contributed by atoms with van der Waals surface area (Å²) in [5.74, 6) is -0.610. The van der Waals surface area contributed by atoms with Crippen LogP contribution in [0.5, 0.6) is 5.75 Å². The number of aromatic nitrogens is 1. The van der Waals surface area contributed by atoms with E-state index in [1.807, 2.05) is 36.4 Å². The standard InChI is InChI=1S/C26H19ClN2O4/c27-21-12-20-24(13-22(21)30)33-23-11-15(29-14-16-5-3-4-10-28-16)8-9-19(23)25(20)17-6-1-2-7-18(17)26(31)32/h1-12,25,29H,13-14H2,(H,31,32). The van der Waals surface area contributed by atoms with Crippen LogP contribution in [0.15, 0.2) is 89.3 Å². The highest BCUT2D eigenvalue weighted by molar-refractivity contribution is 6.43. The van der Waals surface area contributed by atoms with Crippen molar-refractivity contribution in [1.29, 1.82) is 0 Å². The summed E-state index contributed by atoms with van der Waals surface area (Å²) in [6, 6.07) is 18.3. The lowest BCUT2D eigenvalue weighted by atomic mass is 9.78. The van der Waals surface area contributed by atoms with E-state index in [-0.39, 0.29) is 22.8 Å². The molecule has 1 aromatic heterocycles. The Hall–Kier alpha value is -3.90. The monoisotopic (exact) mass is 458 g/mol. The molecule has 33 heavy (non-hydrogen) atoms. The van der Waals surface area contributed by atoms with Crippen LogP contribution in [0.2, 0.25) is 0 Å². The number of rotatable bonds is 5. The number of hydrogen-bond acceptors (Lipinski definition) is 5. The van der Waals surface area contributed by atoms with Crippen molar-refractivity contribution in [1.82, 2.24) is 4.98 Å². The smallest absolute Gasteiger partial charge is 0.335 e. The van der Waals surface area contributed by atoms with Crippen LogP contribution in [-0.2, 0) is 11.3 Å². The second-order valence-corrected chi connectivity index (χ2v) is 8.23. The number of carboxylic acids is 1. The van der Waals surface area contributed by atoms with E-state index >= 15 is 0 Å². The van der Waals surface area contributed by atoms with Crippen LogP contribution in [0, 0.1) is 0 Å². The first-order chi connectivity index (χ1) is 16.0. The van der Waals surface area contributed by atoms with Gasteiger partial charge in [0.05, 0.1) is 29.3 Å². The van der Waals surface area contributed by atoms with Gasteiger partial charge >= 0.3 is 5.97 Å². The van der Waals surface area contributed by atoms with Gasteiger partial charge in [0.2, 0.25) is 0 Å². The SMILES string of the molecule is O=C1CC2=C(C=C1Cl)C(c1ccccc1C(=O)O)c1ccc(NCc3ccccn3)cc1O2. The van der Waals surface area contributed by atoms with Gasteiger partial charge in [-0.25, -0.2) is 4.79 Å². The summed E-state index contributed by atoms with van der Waals surface area (Å²) in [6.45, 7) is 0.537. The van der Waals surface area contributed by atoms with Crippen LogP contribution in [0.3, 0.4) is 0 Å². The molecule has 0 radical (unpaired) electrons. The number of aromatic carboxylic acids is 1. The number of fused-ring (bicyclic) bond motifs is 1. The fourth-order valence-electron chi connectivity index (χ4n) is 4.21. The average Bonchev–Trinajstić information content (AvgIpc) is 2.83. The molecule has 2 aromatic carbocycles. The second-order valence-electron chi connectivity index (χ2n) is 7.83. The van der Waals surface area contributed by atoms with Gasteiger partial charge in [-0.1, -0.05) is 41.9 Å². The molecule has 6 nitrogen and oxygen atoms in total. The highest BCUT2D eigenvalue weighted by Gasteiger charge is 2.36. The molecule has 0 fully saturated rings. The van der Waals surface area contributed by atoms with Crippen molar-refractivity contribution < 1.29 is 19.4 Å². The van der Waals surface area contributed by atoms with Gasteiger partial charge in [-0.15, -0.1) is 0 Å². The Morgan fingerprint density at radius 3 is 2.73 bits per heavy atom. The molecule has 1 aliphatic carbocycles. The lowest BCUT2D eigenvalue weighted by Gasteiger charge is -2.32. The lowest BCUT2D eigenvalue weighted by molar-refractivity contribution is -0.114. The van der Waals surface area contributed by atoms with Crippen molar-refractivity contribution >= 4 is 29.0 Å². The third-order valence-electron chi connectivity index (χ3n) is 5.76. The molecule has 3 aromatic rings.